The summed E-state index contributed by atoms with van der Waals surface area (Å²) in [5, 5.41) is 5.24. The Morgan fingerprint density at radius 2 is 1.67 bits per heavy atom. The molecule has 2 aromatic carbocycles. The zero-order valence-electron chi connectivity index (χ0n) is 16.8. The standard InChI is InChI=1S/C21H27N2O6P/c1-2-29-20(24)12-13-22-21(25)19(23-15-30(26,27)28)14-16-8-10-18(11-9-16)17-6-4-3-5-7-17/h3-11,19,23H,2,12-15H2,1H3,(H,22,25)(H2,26,27,28)/t19-/m1/s1. The van der Waals surface area contributed by atoms with Gasteiger partial charge < -0.3 is 19.8 Å². The second kappa shape index (κ2) is 11.6. The zero-order valence-corrected chi connectivity index (χ0v) is 17.7. The lowest BCUT2D eigenvalue weighted by Gasteiger charge is -2.19. The molecule has 0 saturated heterocycles. The highest BCUT2D eigenvalue weighted by atomic mass is 31.2. The number of hydrogen-bond donors (Lipinski definition) is 4. The summed E-state index contributed by atoms with van der Waals surface area (Å²) >= 11 is 0. The highest BCUT2D eigenvalue weighted by Crippen LogP contribution is 2.32. The van der Waals surface area contributed by atoms with E-state index in [0.717, 1.165) is 16.7 Å². The van der Waals surface area contributed by atoms with E-state index in [0.29, 0.717) is 0 Å². The highest BCUT2D eigenvalue weighted by molar-refractivity contribution is 7.51. The van der Waals surface area contributed by atoms with Crippen LogP contribution in [0.4, 0.5) is 0 Å². The van der Waals surface area contributed by atoms with Gasteiger partial charge in [0.2, 0.25) is 5.91 Å². The van der Waals surface area contributed by atoms with Crippen molar-refractivity contribution < 1.29 is 28.7 Å². The molecule has 8 nitrogen and oxygen atoms in total. The third-order valence-corrected chi connectivity index (χ3v) is 4.89. The van der Waals surface area contributed by atoms with E-state index in [9.17, 15) is 14.2 Å². The molecule has 0 fully saturated rings. The second-order valence-corrected chi connectivity index (χ2v) is 8.34. The number of ether oxygens (including phenoxy) is 1. The van der Waals surface area contributed by atoms with Crippen LogP contribution in [-0.2, 0) is 25.3 Å². The van der Waals surface area contributed by atoms with Crippen molar-refractivity contribution in [1.29, 1.82) is 0 Å². The molecule has 0 unspecified atom stereocenters. The smallest absolute Gasteiger partial charge is 0.339 e. The molecular weight excluding hydrogens is 407 g/mol. The van der Waals surface area contributed by atoms with Gasteiger partial charge in [-0.1, -0.05) is 54.6 Å². The predicted molar refractivity (Wildman–Crippen MR) is 114 cm³/mol. The topological polar surface area (TPSA) is 125 Å². The van der Waals surface area contributed by atoms with Gasteiger partial charge in [-0.25, -0.2) is 0 Å². The summed E-state index contributed by atoms with van der Waals surface area (Å²) in [5.41, 5.74) is 2.92. The summed E-state index contributed by atoms with van der Waals surface area (Å²) in [4.78, 5) is 42.2. The number of carbonyl (C=O) groups is 2. The fourth-order valence-electron chi connectivity index (χ4n) is 2.83. The first-order valence-corrected chi connectivity index (χ1v) is 11.4. The molecule has 1 atom stereocenters. The van der Waals surface area contributed by atoms with Crippen LogP contribution in [0.25, 0.3) is 11.1 Å². The maximum atomic E-state index is 12.5. The summed E-state index contributed by atoms with van der Waals surface area (Å²) in [6, 6.07) is 16.6. The van der Waals surface area contributed by atoms with Crippen molar-refractivity contribution in [2.24, 2.45) is 0 Å². The van der Waals surface area contributed by atoms with Gasteiger partial charge in [0.25, 0.3) is 0 Å². The van der Waals surface area contributed by atoms with Gasteiger partial charge in [-0.05, 0) is 30.0 Å². The third kappa shape index (κ3) is 8.47. The Bertz CT molecular complexity index is 867. The van der Waals surface area contributed by atoms with Crippen molar-refractivity contribution in [2.45, 2.75) is 25.8 Å². The fraction of sp³-hybridized carbons (Fsp3) is 0.333. The Kier molecular flexibility index (Phi) is 9.20. The average molecular weight is 434 g/mol. The first kappa shape index (κ1) is 23.8. The lowest BCUT2D eigenvalue weighted by molar-refractivity contribution is -0.143. The van der Waals surface area contributed by atoms with E-state index in [-0.39, 0.29) is 26.0 Å². The minimum Gasteiger partial charge on any atom is -0.466 e. The van der Waals surface area contributed by atoms with E-state index in [1.54, 1.807) is 6.92 Å². The highest BCUT2D eigenvalue weighted by Gasteiger charge is 2.23. The number of rotatable bonds is 11. The molecule has 162 valence electrons. The molecule has 0 heterocycles. The summed E-state index contributed by atoms with van der Waals surface area (Å²) in [7, 11) is -4.33. The number of nitrogens with one attached hydrogen (secondary N) is 2. The molecule has 30 heavy (non-hydrogen) atoms. The van der Waals surface area contributed by atoms with E-state index < -0.39 is 31.8 Å². The number of carbonyl (C=O) groups excluding carboxylic acids is 2. The molecule has 0 aliphatic rings. The molecule has 0 saturated carbocycles. The molecular formula is C21H27N2O6P. The maximum Gasteiger partial charge on any atom is 0.339 e. The van der Waals surface area contributed by atoms with E-state index in [4.69, 9.17) is 14.5 Å². The van der Waals surface area contributed by atoms with Crippen molar-refractivity contribution in [1.82, 2.24) is 10.6 Å². The molecule has 9 heteroatoms. The molecule has 0 bridgehead atoms. The summed E-state index contributed by atoms with van der Waals surface area (Å²) in [5.74, 6) is -0.867. The van der Waals surface area contributed by atoms with Gasteiger partial charge in [0.15, 0.2) is 0 Å². The van der Waals surface area contributed by atoms with Crippen LogP contribution < -0.4 is 10.6 Å². The number of esters is 1. The molecule has 4 N–H and O–H groups in total. The largest absolute Gasteiger partial charge is 0.466 e. The molecule has 0 radical (unpaired) electrons. The third-order valence-electron chi connectivity index (χ3n) is 4.29. The van der Waals surface area contributed by atoms with Gasteiger partial charge in [0, 0.05) is 6.54 Å². The lowest BCUT2D eigenvalue weighted by Crippen LogP contribution is -2.46. The monoisotopic (exact) mass is 434 g/mol. The van der Waals surface area contributed by atoms with E-state index in [1.807, 2.05) is 54.6 Å². The Hall–Kier alpha value is -2.51. The number of amides is 1. The molecule has 0 aromatic heterocycles. The Morgan fingerprint density at radius 3 is 2.27 bits per heavy atom. The van der Waals surface area contributed by atoms with Crippen molar-refractivity contribution >= 4 is 19.5 Å². The van der Waals surface area contributed by atoms with Crippen LogP contribution in [0.3, 0.4) is 0 Å². The molecule has 0 aliphatic heterocycles. The van der Waals surface area contributed by atoms with Gasteiger partial charge in [0.1, 0.15) is 0 Å². The zero-order chi connectivity index (χ0) is 22.0. The van der Waals surface area contributed by atoms with Gasteiger partial charge in [0.05, 0.1) is 25.4 Å². The second-order valence-electron chi connectivity index (χ2n) is 6.69. The van der Waals surface area contributed by atoms with Crippen LogP contribution >= 0.6 is 7.60 Å². The van der Waals surface area contributed by atoms with E-state index in [1.165, 1.54) is 0 Å². The van der Waals surface area contributed by atoms with Crippen molar-refractivity contribution in [3.8, 4) is 11.1 Å². The van der Waals surface area contributed by atoms with E-state index in [2.05, 4.69) is 10.6 Å². The minimum absolute atomic E-state index is 0.0244. The minimum atomic E-state index is -4.33. The average Bonchev–Trinajstić information content (AvgIpc) is 2.71. The molecule has 2 aromatic rings. The van der Waals surface area contributed by atoms with Crippen molar-refractivity contribution in [3.05, 3.63) is 60.2 Å². The van der Waals surface area contributed by atoms with Gasteiger partial charge in [-0.3, -0.25) is 19.5 Å². The van der Waals surface area contributed by atoms with Crippen LogP contribution in [0.5, 0.6) is 0 Å². The Morgan fingerprint density at radius 1 is 1.03 bits per heavy atom. The molecule has 0 spiro atoms. The molecule has 0 aliphatic carbocycles. The molecule has 1 amide bonds. The predicted octanol–water partition coefficient (Wildman–Crippen LogP) is 2.06. The van der Waals surface area contributed by atoms with Gasteiger partial charge >= 0.3 is 13.6 Å². The van der Waals surface area contributed by atoms with Crippen LogP contribution in [0, 0.1) is 0 Å². The van der Waals surface area contributed by atoms with Crippen LogP contribution in [0.15, 0.2) is 54.6 Å². The number of hydrogen-bond acceptors (Lipinski definition) is 5. The lowest BCUT2D eigenvalue weighted by atomic mass is 10.0. The quantitative estimate of drug-likeness (QED) is 0.315. The normalized spacial score (nSPS) is 12.2. The SMILES string of the molecule is CCOC(=O)CCNC(=O)[C@@H](Cc1ccc(-c2ccccc2)cc1)NCP(=O)(O)O. The Balaban J connectivity index is 2.02. The fourth-order valence-corrected chi connectivity index (χ4v) is 3.29. The summed E-state index contributed by atoms with van der Waals surface area (Å²) in [6.45, 7) is 2.04. The van der Waals surface area contributed by atoms with Crippen LogP contribution in [0.1, 0.15) is 18.9 Å². The van der Waals surface area contributed by atoms with Crippen LogP contribution in [-0.4, -0.2) is 47.1 Å². The first-order chi connectivity index (χ1) is 14.3. The van der Waals surface area contributed by atoms with E-state index >= 15 is 0 Å². The first-order valence-electron chi connectivity index (χ1n) is 9.64. The molecule has 2 rings (SSSR count). The van der Waals surface area contributed by atoms with Crippen LogP contribution in [0.2, 0.25) is 0 Å². The maximum absolute atomic E-state index is 12.5. The Labute approximate surface area is 175 Å². The van der Waals surface area contributed by atoms with Gasteiger partial charge in [-0.2, -0.15) is 0 Å². The number of benzene rings is 2. The summed E-state index contributed by atoms with van der Waals surface area (Å²) < 4.78 is 16.0. The van der Waals surface area contributed by atoms with Crippen molar-refractivity contribution in [3.63, 3.8) is 0 Å². The van der Waals surface area contributed by atoms with Crippen molar-refractivity contribution in [2.75, 3.05) is 19.4 Å². The van der Waals surface area contributed by atoms with Gasteiger partial charge in [-0.15, -0.1) is 0 Å². The summed E-state index contributed by atoms with van der Waals surface area (Å²) in [6.07, 6.45) is -0.359.